The van der Waals surface area contributed by atoms with E-state index in [1.54, 1.807) is 12.1 Å². The second-order valence-corrected chi connectivity index (χ2v) is 6.91. The Kier molecular flexibility index (Phi) is 4.72. The maximum atomic E-state index is 12.6. The lowest BCUT2D eigenvalue weighted by atomic mass is 10.1. The molecular weight excluding hydrogens is 336 g/mol. The van der Waals surface area contributed by atoms with Crippen LogP contribution in [0.15, 0.2) is 18.2 Å². The number of nitrogens with zero attached hydrogens (tertiary/aromatic N) is 2. The lowest BCUT2D eigenvalue weighted by Gasteiger charge is -2.14. The van der Waals surface area contributed by atoms with Crippen LogP contribution in [0.2, 0.25) is 10.0 Å². The van der Waals surface area contributed by atoms with Gasteiger partial charge in [0.05, 0.1) is 10.6 Å². The fraction of sp³-hybridized carbons (Fsp3) is 0.167. The third-order valence-corrected chi connectivity index (χ3v) is 5.19. The topological polar surface area (TPSA) is 88.0 Å². The number of nitriles is 1. The average Bonchev–Trinajstić information content (AvgIpc) is 2.90. The molecule has 0 radical (unpaired) electrons. The van der Waals surface area contributed by atoms with E-state index in [0.29, 0.717) is 15.6 Å². The minimum atomic E-state index is -3.62. The number of hydrogen-bond acceptors (Lipinski definition) is 5. The van der Waals surface area contributed by atoms with Gasteiger partial charge in [0, 0.05) is 24.8 Å². The number of hydrogen-bond donors (Lipinski definition) is 1. The van der Waals surface area contributed by atoms with Gasteiger partial charge in [-0.3, -0.25) is 9.66 Å². The van der Waals surface area contributed by atoms with Gasteiger partial charge < -0.3 is 9.05 Å². The third-order valence-electron chi connectivity index (χ3n) is 2.81. The number of nitrogens with one attached hydrogen (secondary N) is 1. The smallest absolute Gasteiger partial charge is 0.308 e. The number of benzene rings is 1. The van der Waals surface area contributed by atoms with Gasteiger partial charge >= 0.3 is 7.60 Å². The maximum absolute atomic E-state index is 12.6. The van der Waals surface area contributed by atoms with Crippen molar-refractivity contribution in [3.8, 4) is 17.2 Å². The van der Waals surface area contributed by atoms with Gasteiger partial charge in [-0.25, -0.2) is 0 Å². The molecule has 1 aromatic heterocycles. The zero-order chi connectivity index (χ0) is 15.6. The highest BCUT2D eigenvalue weighted by Crippen LogP contribution is 2.48. The van der Waals surface area contributed by atoms with Crippen molar-refractivity contribution in [3.05, 3.63) is 33.9 Å². The molecule has 2 aromatic rings. The first-order valence-corrected chi connectivity index (χ1v) is 7.92. The molecule has 1 heterocycles. The van der Waals surface area contributed by atoms with Crippen LogP contribution >= 0.6 is 30.8 Å². The van der Waals surface area contributed by atoms with E-state index < -0.39 is 7.60 Å². The summed E-state index contributed by atoms with van der Waals surface area (Å²) in [6, 6.07) is 6.63. The zero-order valence-electron chi connectivity index (χ0n) is 11.1. The van der Waals surface area contributed by atoms with E-state index >= 15 is 0 Å². The van der Waals surface area contributed by atoms with E-state index in [0.717, 1.165) is 0 Å². The molecule has 6 nitrogen and oxygen atoms in total. The molecular formula is C12H10Cl2N3O3P. The fourth-order valence-electron chi connectivity index (χ4n) is 1.82. The predicted octanol–water partition coefficient (Wildman–Crippen LogP) is 3.37. The van der Waals surface area contributed by atoms with Crippen LogP contribution in [0.25, 0.3) is 11.1 Å². The van der Waals surface area contributed by atoms with Crippen molar-refractivity contribution >= 4 is 36.2 Å². The summed E-state index contributed by atoms with van der Waals surface area (Å²) in [6.45, 7) is 0. The van der Waals surface area contributed by atoms with Crippen LogP contribution in [0.5, 0.6) is 0 Å². The Morgan fingerprint density at radius 1 is 1.33 bits per heavy atom. The largest absolute Gasteiger partial charge is 0.379 e. The first-order chi connectivity index (χ1) is 9.96. The lowest BCUT2D eigenvalue weighted by molar-refractivity contribution is 0.286. The lowest BCUT2D eigenvalue weighted by Crippen LogP contribution is -2.12. The molecule has 9 heteroatoms. The molecule has 0 amide bonds. The Morgan fingerprint density at radius 3 is 2.52 bits per heavy atom. The second kappa shape index (κ2) is 6.18. The van der Waals surface area contributed by atoms with Crippen molar-refractivity contribution in [2.45, 2.75) is 0 Å². The summed E-state index contributed by atoms with van der Waals surface area (Å²) >= 11 is 12.0. The molecule has 0 atom stereocenters. The Morgan fingerprint density at radius 2 is 2.00 bits per heavy atom. The van der Waals surface area contributed by atoms with Gasteiger partial charge in [-0.2, -0.15) is 10.4 Å². The molecule has 2 rings (SSSR count). The SMILES string of the molecule is COP(=O)(OC)c1[nH]nc(C#N)c1-c1ccc(Cl)cc1Cl. The van der Waals surface area contributed by atoms with Crippen LogP contribution in [0.4, 0.5) is 0 Å². The van der Waals surface area contributed by atoms with Gasteiger partial charge in [-0.15, -0.1) is 0 Å². The molecule has 1 aromatic carbocycles. The predicted molar refractivity (Wildman–Crippen MR) is 80.0 cm³/mol. The second-order valence-electron chi connectivity index (χ2n) is 3.89. The molecule has 0 fully saturated rings. The third kappa shape index (κ3) is 2.84. The van der Waals surface area contributed by atoms with Crippen molar-refractivity contribution in [3.63, 3.8) is 0 Å². The number of rotatable bonds is 4. The molecule has 0 spiro atoms. The van der Waals surface area contributed by atoms with E-state index in [4.69, 9.17) is 32.2 Å². The van der Waals surface area contributed by atoms with Crippen molar-refractivity contribution in [1.29, 1.82) is 5.26 Å². The van der Waals surface area contributed by atoms with Crippen molar-refractivity contribution in [2.75, 3.05) is 14.2 Å². The van der Waals surface area contributed by atoms with E-state index in [1.807, 2.05) is 6.07 Å². The molecule has 0 aliphatic carbocycles. The number of halogens is 2. The van der Waals surface area contributed by atoms with E-state index in [2.05, 4.69) is 10.2 Å². The summed E-state index contributed by atoms with van der Waals surface area (Å²) in [5.74, 6) is 0. The normalized spacial score (nSPS) is 11.4. The minimum Gasteiger partial charge on any atom is -0.308 e. The molecule has 110 valence electrons. The summed E-state index contributed by atoms with van der Waals surface area (Å²) in [5, 5.41) is 16.3. The monoisotopic (exact) mass is 345 g/mol. The van der Waals surface area contributed by atoms with Gasteiger partial charge in [-0.1, -0.05) is 29.3 Å². The summed E-state index contributed by atoms with van der Waals surface area (Å²) in [5.41, 5.74) is 0.818. The fourth-order valence-corrected chi connectivity index (χ4v) is 3.51. The zero-order valence-corrected chi connectivity index (χ0v) is 13.5. The summed E-state index contributed by atoms with van der Waals surface area (Å²) < 4.78 is 22.4. The van der Waals surface area contributed by atoms with Crippen LogP contribution < -0.4 is 5.44 Å². The quantitative estimate of drug-likeness (QED) is 0.858. The van der Waals surface area contributed by atoms with Crippen molar-refractivity contribution in [2.24, 2.45) is 0 Å². The Balaban J connectivity index is 2.76. The molecule has 0 bridgehead atoms. The van der Waals surface area contributed by atoms with Crippen LogP contribution in [0, 0.1) is 11.3 Å². The minimum absolute atomic E-state index is 0.0311. The molecule has 0 aliphatic rings. The number of H-pyrrole nitrogens is 1. The van der Waals surface area contributed by atoms with Gasteiger partial charge in [0.1, 0.15) is 6.07 Å². The highest BCUT2D eigenvalue weighted by molar-refractivity contribution is 7.62. The number of aromatic nitrogens is 2. The molecule has 21 heavy (non-hydrogen) atoms. The van der Waals surface area contributed by atoms with Gasteiger partial charge in [0.15, 0.2) is 11.1 Å². The highest BCUT2D eigenvalue weighted by atomic mass is 35.5. The molecule has 0 aliphatic heterocycles. The summed E-state index contributed by atoms with van der Waals surface area (Å²) in [4.78, 5) is 0. The van der Waals surface area contributed by atoms with Crippen LogP contribution in [-0.2, 0) is 13.6 Å². The highest BCUT2D eigenvalue weighted by Gasteiger charge is 2.33. The summed E-state index contributed by atoms with van der Waals surface area (Å²) in [6.07, 6.45) is 0. The van der Waals surface area contributed by atoms with Crippen LogP contribution in [0.3, 0.4) is 0 Å². The molecule has 1 N–H and O–H groups in total. The molecule has 0 saturated heterocycles. The van der Waals surface area contributed by atoms with Crippen molar-refractivity contribution < 1.29 is 13.6 Å². The first-order valence-electron chi connectivity index (χ1n) is 5.62. The maximum Gasteiger partial charge on any atom is 0.379 e. The summed E-state index contributed by atoms with van der Waals surface area (Å²) in [7, 11) is -1.14. The standard InChI is InChI=1S/C12H10Cl2N3O3P/c1-19-21(18,20-2)12-11(10(6-15)16-17-12)8-4-3-7(13)5-9(8)14/h3-5H,1-2H3,(H,16,17). The Hall–Kier alpha value is -1.35. The van der Waals surface area contributed by atoms with E-state index in [1.165, 1.54) is 20.3 Å². The first kappa shape index (κ1) is 16.0. The van der Waals surface area contributed by atoms with Crippen LogP contribution in [-0.4, -0.2) is 24.4 Å². The molecule has 0 saturated carbocycles. The van der Waals surface area contributed by atoms with Gasteiger partial charge in [-0.05, 0) is 12.1 Å². The van der Waals surface area contributed by atoms with Gasteiger partial charge in [0.2, 0.25) is 0 Å². The molecule has 0 unspecified atom stereocenters. The Labute approximate surface area is 131 Å². The Bertz CT molecular complexity index is 762. The van der Waals surface area contributed by atoms with E-state index in [9.17, 15) is 9.83 Å². The van der Waals surface area contributed by atoms with E-state index in [-0.39, 0.29) is 16.7 Å². The van der Waals surface area contributed by atoms with Crippen LogP contribution in [0.1, 0.15) is 5.69 Å². The van der Waals surface area contributed by atoms with Gasteiger partial charge in [0.25, 0.3) is 0 Å². The number of aromatic amines is 1. The average molecular weight is 346 g/mol. The van der Waals surface area contributed by atoms with Crippen molar-refractivity contribution in [1.82, 2.24) is 10.2 Å².